The number of hydrogen-bond donors (Lipinski definition) is 2. The summed E-state index contributed by atoms with van der Waals surface area (Å²) in [5, 5.41) is 6.31. The van der Waals surface area contributed by atoms with E-state index in [2.05, 4.69) is 10.6 Å². The normalized spacial score (nSPS) is 19.0. The molecule has 21 heavy (non-hydrogen) atoms. The molecule has 0 unspecified atom stereocenters. The summed E-state index contributed by atoms with van der Waals surface area (Å²) in [6, 6.07) is 6.07. The number of nitrogens with one attached hydrogen (secondary N) is 2. The summed E-state index contributed by atoms with van der Waals surface area (Å²) in [6.45, 7) is 3.98. The summed E-state index contributed by atoms with van der Waals surface area (Å²) >= 11 is 0. The SMILES string of the molecule is COCC1(C(=O)N[C@@H](C)c2ccc(F)cc2)CCNCC1. The molecule has 0 saturated carbocycles. The number of amides is 1. The molecule has 0 aliphatic carbocycles. The first-order chi connectivity index (χ1) is 10.1. The highest BCUT2D eigenvalue weighted by atomic mass is 19.1. The molecule has 0 radical (unpaired) electrons. The van der Waals surface area contributed by atoms with Gasteiger partial charge in [0.2, 0.25) is 5.91 Å². The van der Waals surface area contributed by atoms with Gasteiger partial charge in [-0.25, -0.2) is 4.39 Å². The summed E-state index contributed by atoms with van der Waals surface area (Å²) in [4.78, 5) is 12.7. The van der Waals surface area contributed by atoms with Crippen LogP contribution in [0.15, 0.2) is 24.3 Å². The Morgan fingerprint density at radius 3 is 2.57 bits per heavy atom. The Labute approximate surface area is 125 Å². The predicted octanol–water partition coefficient (Wildman–Crippen LogP) is 2.02. The molecule has 2 N–H and O–H groups in total. The van der Waals surface area contributed by atoms with E-state index in [1.165, 1.54) is 12.1 Å². The Bertz CT molecular complexity index is 464. The van der Waals surface area contributed by atoms with Gasteiger partial charge in [0.1, 0.15) is 5.82 Å². The second-order valence-corrected chi connectivity index (χ2v) is 5.71. The number of carbonyl (C=O) groups excluding carboxylic acids is 1. The van der Waals surface area contributed by atoms with Crippen LogP contribution in [-0.2, 0) is 9.53 Å². The van der Waals surface area contributed by atoms with Crippen LogP contribution in [0.3, 0.4) is 0 Å². The first kappa shape index (κ1) is 15.9. The van der Waals surface area contributed by atoms with Gasteiger partial charge in [-0.2, -0.15) is 0 Å². The monoisotopic (exact) mass is 294 g/mol. The number of halogens is 1. The molecule has 1 atom stereocenters. The van der Waals surface area contributed by atoms with Crippen molar-refractivity contribution in [1.29, 1.82) is 0 Å². The van der Waals surface area contributed by atoms with E-state index in [4.69, 9.17) is 4.74 Å². The Morgan fingerprint density at radius 1 is 1.38 bits per heavy atom. The third-order valence-corrected chi connectivity index (χ3v) is 4.18. The number of methoxy groups -OCH3 is 1. The number of piperidine rings is 1. The number of benzene rings is 1. The van der Waals surface area contributed by atoms with E-state index in [1.807, 2.05) is 6.92 Å². The van der Waals surface area contributed by atoms with E-state index >= 15 is 0 Å². The van der Waals surface area contributed by atoms with Crippen molar-refractivity contribution < 1.29 is 13.9 Å². The van der Waals surface area contributed by atoms with Crippen LogP contribution in [0.25, 0.3) is 0 Å². The fourth-order valence-corrected chi connectivity index (χ4v) is 2.80. The van der Waals surface area contributed by atoms with E-state index in [0.29, 0.717) is 6.61 Å². The van der Waals surface area contributed by atoms with Crippen LogP contribution < -0.4 is 10.6 Å². The van der Waals surface area contributed by atoms with Crippen LogP contribution in [0, 0.1) is 11.2 Å². The van der Waals surface area contributed by atoms with E-state index in [0.717, 1.165) is 31.5 Å². The molecule has 1 heterocycles. The van der Waals surface area contributed by atoms with Crippen molar-refractivity contribution in [3.05, 3.63) is 35.6 Å². The van der Waals surface area contributed by atoms with Crippen LogP contribution in [0.1, 0.15) is 31.4 Å². The number of ether oxygens (including phenoxy) is 1. The lowest BCUT2D eigenvalue weighted by molar-refractivity contribution is -0.136. The highest BCUT2D eigenvalue weighted by Crippen LogP contribution is 2.30. The molecule has 0 spiro atoms. The molecule has 1 aromatic carbocycles. The molecular weight excluding hydrogens is 271 g/mol. The van der Waals surface area contributed by atoms with Crippen molar-refractivity contribution in [2.75, 3.05) is 26.8 Å². The van der Waals surface area contributed by atoms with E-state index in [9.17, 15) is 9.18 Å². The van der Waals surface area contributed by atoms with Crippen molar-refractivity contribution in [1.82, 2.24) is 10.6 Å². The van der Waals surface area contributed by atoms with Gasteiger partial charge in [0.25, 0.3) is 0 Å². The Hall–Kier alpha value is -1.46. The van der Waals surface area contributed by atoms with Crippen molar-refractivity contribution in [3.8, 4) is 0 Å². The zero-order valence-electron chi connectivity index (χ0n) is 12.6. The quantitative estimate of drug-likeness (QED) is 0.873. The van der Waals surface area contributed by atoms with E-state index < -0.39 is 5.41 Å². The van der Waals surface area contributed by atoms with Crippen molar-refractivity contribution in [2.45, 2.75) is 25.8 Å². The van der Waals surface area contributed by atoms with Crippen molar-refractivity contribution in [2.24, 2.45) is 5.41 Å². The largest absolute Gasteiger partial charge is 0.384 e. The maximum absolute atomic E-state index is 13.0. The average molecular weight is 294 g/mol. The Kier molecular flexibility index (Phi) is 5.31. The Morgan fingerprint density at radius 2 is 2.00 bits per heavy atom. The van der Waals surface area contributed by atoms with Gasteiger partial charge in [-0.3, -0.25) is 4.79 Å². The molecule has 1 amide bonds. The summed E-state index contributed by atoms with van der Waals surface area (Å²) in [5.41, 5.74) is 0.431. The molecule has 0 bridgehead atoms. The van der Waals surface area contributed by atoms with Crippen molar-refractivity contribution >= 4 is 5.91 Å². The zero-order chi connectivity index (χ0) is 15.3. The number of hydrogen-bond acceptors (Lipinski definition) is 3. The average Bonchev–Trinajstić information content (AvgIpc) is 2.49. The van der Waals surface area contributed by atoms with E-state index in [1.54, 1.807) is 19.2 Å². The number of carbonyl (C=O) groups is 1. The highest BCUT2D eigenvalue weighted by molar-refractivity contribution is 5.83. The molecule has 4 nitrogen and oxygen atoms in total. The third kappa shape index (κ3) is 3.80. The van der Waals surface area contributed by atoms with Crippen LogP contribution in [0.4, 0.5) is 4.39 Å². The van der Waals surface area contributed by atoms with Crippen LogP contribution >= 0.6 is 0 Å². The molecule has 5 heteroatoms. The maximum Gasteiger partial charge on any atom is 0.229 e. The topological polar surface area (TPSA) is 50.4 Å². The lowest BCUT2D eigenvalue weighted by Crippen LogP contribution is -2.50. The molecule has 1 fully saturated rings. The molecule has 1 aromatic rings. The molecule has 116 valence electrons. The second-order valence-electron chi connectivity index (χ2n) is 5.71. The molecule has 1 saturated heterocycles. The summed E-state index contributed by atoms with van der Waals surface area (Å²) < 4.78 is 18.2. The van der Waals surface area contributed by atoms with Gasteiger partial charge in [0.15, 0.2) is 0 Å². The second kappa shape index (κ2) is 7.00. The van der Waals surface area contributed by atoms with Gasteiger partial charge in [-0.15, -0.1) is 0 Å². The lowest BCUT2D eigenvalue weighted by Gasteiger charge is -2.36. The molecular formula is C16H23FN2O2. The highest BCUT2D eigenvalue weighted by Gasteiger charge is 2.40. The third-order valence-electron chi connectivity index (χ3n) is 4.18. The summed E-state index contributed by atoms with van der Waals surface area (Å²) in [5.74, 6) is -0.255. The minimum atomic E-state index is -0.464. The lowest BCUT2D eigenvalue weighted by atomic mass is 9.78. The van der Waals surface area contributed by atoms with Gasteiger partial charge >= 0.3 is 0 Å². The molecule has 0 aromatic heterocycles. The smallest absolute Gasteiger partial charge is 0.229 e. The fraction of sp³-hybridized carbons (Fsp3) is 0.562. The van der Waals surface area contributed by atoms with E-state index in [-0.39, 0.29) is 17.8 Å². The molecule has 2 rings (SSSR count). The van der Waals surface area contributed by atoms with Gasteiger partial charge in [0.05, 0.1) is 18.1 Å². The van der Waals surface area contributed by atoms with Gasteiger partial charge in [0, 0.05) is 7.11 Å². The Balaban J connectivity index is 2.05. The molecule has 1 aliphatic rings. The first-order valence-corrected chi connectivity index (χ1v) is 7.33. The summed E-state index contributed by atoms with van der Waals surface area (Å²) in [7, 11) is 1.63. The summed E-state index contributed by atoms with van der Waals surface area (Å²) in [6.07, 6.45) is 1.53. The van der Waals surface area contributed by atoms with Crippen LogP contribution in [-0.4, -0.2) is 32.7 Å². The van der Waals surface area contributed by atoms with Gasteiger partial charge in [-0.05, 0) is 50.6 Å². The zero-order valence-corrected chi connectivity index (χ0v) is 12.6. The van der Waals surface area contributed by atoms with Crippen LogP contribution in [0.5, 0.6) is 0 Å². The fourth-order valence-electron chi connectivity index (χ4n) is 2.80. The number of rotatable bonds is 5. The maximum atomic E-state index is 13.0. The first-order valence-electron chi connectivity index (χ1n) is 7.33. The minimum absolute atomic E-state index is 0.0164. The van der Waals surface area contributed by atoms with Gasteiger partial charge < -0.3 is 15.4 Å². The predicted molar refractivity (Wildman–Crippen MR) is 79.4 cm³/mol. The standard InChI is InChI=1S/C16H23FN2O2/c1-12(13-3-5-14(17)6-4-13)19-15(20)16(11-21-2)7-9-18-10-8-16/h3-6,12,18H,7-11H2,1-2H3,(H,19,20)/t12-/m0/s1. The van der Waals surface area contributed by atoms with Gasteiger partial charge in [-0.1, -0.05) is 12.1 Å². The minimum Gasteiger partial charge on any atom is -0.384 e. The van der Waals surface area contributed by atoms with Crippen LogP contribution in [0.2, 0.25) is 0 Å². The van der Waals surface area contributed by atoms with Crippen molar-refractivity contribution in [3.63, 3.8) is 0 Å². The molecule has 1 aliphatic heterocycles.